The van der Waals surface area contributed by atoms with Crippen molar-refractivity contribution in [3.63, 3.8) is 0 Å². The Morgan fingerprint density at radius 1 is 1.38 bits per heavy atom. The number of rotatable bonds is 0. The van der Waals surface area contributed by atoms with Crippen LogP contribution in [0.25, 0.3) is 0 Å². The van der Waals surface area contributed by atoms with E-state index in [1.807, 2.05) is 0 Å². The van der Waals surface area contributed by atoms with Gasteiger partial charge in [0.25, 0.3) is 0 Å². The standard InChI is InChI=1S/C4H5F3.CH4/c1-3(2)4(5,6)7;/h1H2,2H3;1H4. The Bertz CT molecular complexity index is 80.2. The molecule has 0 saturated heterocycles. The first-order chi connectivity index (χ1) is 2.94. The van der Waals surface area contributed by atoms with Crippen LogP contribution in [-0.2, 0) is 0 Å². The fourth-order valence-corrected chi connectivity index (χ4v) is 0. The van der Waals surface area contributed by atoms with Crippen LogP contribution in [0.5, 0.6) is 0 Å². The van der Waals surface area contributed by atoms with Crippen LogP contribution in [0.3, 0.4) is 0 Å². The Morgan fingerprint density at radius 2 is 1.50 bits per heavy atom. The van der Waals surface area contributed by atoms with Crippen LogP contribution in [-0.4, -0.2) is 6.18 Å². The first-order valence-electron chi connectivity index (χ1n) is 1.67. The van der Waals surface area contributed by atoms with E-state index in [1.54, 1.807) is 0 Å². The van der Waals surface area contributed by atoms with E-state index in [1.165, 1.54) is 0 Å². The van der Waals surface area contributed by atoms with Crippen LogP contribution in [0, 0.1) is 0 Å². The average Bonchev–Trinajstić information content (AvgIpc) is 1.31. The highest BCUT2D eigenvalue weighted by molar-refractivity contribution is 4.96. The Labute approximate surface area is 47.0 Å². The van der Waals surface area contributed by atoms with Crippen LogP contribution in [0.2, 0.25) is 0 Å². The summed E-state index contributed by atoms with van der Waals surface area (Å²) in [6, 6.07) is 0. The summed E-state index contributed by atoms with van der Waals surface area (Å²) in [6.07, 6.45) is -4.19. The van der Waals surface area contributed by atoms with Crippen LogP contribution in [0.4, 0.5) is 13.2 Å². The highest BCUT2D eigenvalue weighted by Crippen LogP contribution is 2.22. The summed E-state index contributed by atoms with van der Waals surface area (Å²) in [5.74, 6) is 0. The van der Waals surface area contributed by atoms with Crippen molar-refractivity contribution < 1.29 is 13.2 Å². The third kappa shape index (κ3) is 3.71. The molecule has 0 nitrogen and oxygen atoms in total. The lowest BCUT2D eigenvalue weighted by Crippen LogP contribution is -2.06. The molecule has 0 unspecified atom stereocenters. The van der Waals surface area contributed by atoms with Gasteiger partial charge in [-0.25, -0.2) is 0 Å². The molecular weight excluding hydrogens is 117 g/mol. The topological polar surface area (TPSA) is 0 Å². The van der Waals surface area contributed by atoms with Gasteiger partial charge in [-0.15, -0.1) is 0 Å². The van der Waals surface area contributed by atoms with E-state index in [4.69, 9.17) is 0 Å². The van der Waals surface area contributed by atoms with Crippen molar-refractivity contribution in [3.8, 4) is 0 Å². The molecular formula is C5H9F3. The minimum Gasteiger partial charge on any atom is -0.167 e. The highest BCUT2D eigenvalue weighted by atomic mass is 19.4. The number of halogens is 3. The second-order valence-electron chi connectivity index (χ2n) is 1.28. The van der Waals surface area contributed by atoms with Gasteiger partial charge in [0.05, 0.1) is 0 Å². The summed E-state index contributed by atoms with van der Waals surface area (Å²) in [7, 11) is 0. The molecule has 0 aliphatic carbocycles. The molecule has 0 aliphatic heterocycles. The Hall–Kier alpha value is -0.470. The molecule has 0 spiro atoms. The number of hydrogen-bond donors (Lipinski definition) is 0. The largest absolute Gasteiger partial charge is 0.411 e. The summed E-state index contributed by atoms with van der Waals surface area (Å²) in [5, 5.41) is 0. The van der Waals surface area contributed by atoms with E-state index < -0.39 is 11.7 Å². The Morgan fingerprint density at radius 3 is 1.50 bits per heavy atom. The molecule has 0 amide bonds. The van der Waals surface area contributed by atoms with Crippen LogP contribution in [0.1, 0.15) is 14.4 Å². The molecule has 0 radical (unpaired) electrons. The first kappa shape index (κ1) is 10.5. The molecule has 0 fully saturated rings. The van der Waals surface area contributed by atoms with E-state index >= 15 is 0 Å². The van der Waals surface area contributed by atoms with Gasteiger partial charge in [0.15, 0.2) is 0 Å². The van der Waals surface area contributed by atoms with Crippen molar-refractivity contribution in [2.24, 2.45) is 0 Å². The van der Waals surface area contributed by atoms with Gasteiger partial charge >= 0.3 is 6.18 Å². The second-order valence-corrected chi connectivity index (χ2v) is 1.28. The third-order valence-corrected chi connectivity index (χ3v) is 0.484. The van der Waals surface area contributed by atoms with Gasteiger partial charge in [-0.1, -0.05) is 14.0 Å². The average molecular weight is 126 g/mol. The lowest BCUT2D eigenvalue weighted by molar-refractivity contribution is -0.0909. The normalized spacial score (nSPS) is 10.0. The molecule has 0 bridgehead atoms. The van der Waals surface area contributed by atoms with E-state index in [9.17, 15) is 13.2 Å². The number of allylic oxidation sites excluding steroid dienone is 1. The molecule has 0 N–H and O–H groups in total. The molecule has 0 atom stereocenters. The van der Waals surface area contributed by atoms with Crippen molar-refractivity contribution in [2.75, 3.05) is 0 Å². The fourth-order valence-electron chi connectivity index (χ4n) is 0. The van der Waals surface area contributed by atoms with Crippen molar-refractivity contribution >= 4 is 0 Å². The van der Waals surface area contributed by atoms with Crippen molar-refractivity contribution in [1.29, 1.82) is 0 Å². The fraction of sp³-hybridized carbons (Fsp3) is 0.600. The third-order valence-electron chi connectivity index (χ3n) is 0.484. The molecule has 0 heterocycles. The van der Waals surface area contributed by atoms with E-state index in [0.717, 1.165) is 6.92 Å². The van der Waals surface area contributed by atoms with Crippen LogP contribution >= 0.6 is 0 Å². The number of hydrogen-bond acceptors (Lipinski definition) is 0. The second kappa shape index (κ2) is 2.74. The lowest BCUT2D eigenvalue weighted by Gasteiger charge is -2.01. The summed E-state index contributed by atoms with van der Waals surface area (Å²) in [4.78, 5) is 0. The molecule has 8 heavy (non-hydrogen) atoms. The van der Waals surface area contributed by atoms with E-state index in [2.05, 4.69) is 6.58 Å². The Balaban J connectivity index is 0. The zero-order valence-corrected chi connectivity index (χ0v) is 3.84. The summed E-state index contributed by atoms with van der Waals surface area (Å²) in [5.41, 5.74) is -0.757. The Kier molecular flexibility index (Phi) is 3.60. The maximum Gasteiger partial charge on any atom is 0.411 e. The molecule has 0 aliphatic rings. The monoisotopic (exact) mass is 126 g/mol. The molecule has 3 heteroatoms. The SMILES string of the molecule is C.C=C(C)C(F)(F)F. The maximum absolute atomic E-state index is 11.1. The van der Waals surface area contributed by atoms with Gasteiger partial charge < -0.3 is 0 Å². The molecule has 50 valence electrons. The van der Waals surface area contributed by atoms with Gasteiger partial charge in [0.1, 0.15) is 0 Å². The van der Waals surface area contributed by atoms with Crippen molar-refractivity contribution in [2.45, 2.75) is 20.5 Å². The van der Waals surface area contributed by atoms with Crippen LogP contribution in [0.15, 0.2) is 12.2 Å². The molecule has 0 aromatic heterocycles. The molecule has 0 saturated carbocycles. The van der Waals surface area contributed by atoms with Crippen molar-refractivity contribution in [3.05, 3.63) is 12.2 Å². The zero-order valence-electron chi connectivity index (χ0n) is 3.84. The van der Waals surface area contributed by atoms with E-state index in [0.29, 0.717) is 0 Å². The number of alkyl halides is 3. The smallest absolute Gasteiger partial charge is 0.167 e. The minimum atomic E-state index is -4.19. The van der Waals surface area contributed by atoms with Gasteiger partial charge in [-0.3, -0.25) is 0 Å². The van der Waals surface area contributed by atoms with Gasteiger partial charge in [-0.05, 0) is 6.92 Å². The zero-order chi connectivity index (χ0) is 6.08. The quantitative estimate of drug-likeness (QED) is 0.438. The summed E-state index contributed by atoms with van der Waals surface area (Å²) >= 11 is 0. The molecule has 0 aromatic carbocycles. The highest BCUT2D eigenvalue weighted by Gasteiger charge is 2.27. The van der Waals surface area contributed by atoms with Gasteiger partial charge in [0, 0.05) is 5.57 Å². The minimum absolute atomic E-state index is 0. The predicted molar refractivity (Wildman–Crippen MR) is 27.6 cm³/mol. The lowest BCUT2D eigenvalue weighted by atomic mass is 10.3. The van der Waals surface area contributed by atoms with Crippen molar-refractivity contribution in [1.82, 2.24) is 0 Å². The maximum atomic E-state index is 11.1. The summed E-state index contributed by atoms with van der Waals surface area (Å²) in [6.45, 7) is 3.63. The first-order valence-corrected chi connectivity index (χ1v) is 1.67. The van der Waals surface area contributed by atoms with Gasteiger partial charge in [0.2, 0.25) is 0 Å². The molecule has 0 rings (SSSR count). The van der Waals surface area contributed by atoms with E-state index in [-0.39, 0.29) is 7.43 Å². The van der Waals surface area contributed by atoms with Gasteiger partial charge in [-0.2, -0.15) is 13.2 Å². The summed E-state index contributed by atoms with van der Waals surface area (Å²) < 4.78 is 33.2. The van der Waals surface area contributed by atoms with Crippen LogP contribution < -0.4 is 0 Å². The predicted octanol–water partition coefficient (Wildman–Crippen LogP) is 2.76. The molecule has 0 aromatic rings.